The van der Waals surface area contributed by atoms with Gasteiger partial charge in [-0.25, -0.2) is 12.8 Å². The van der Waals surface area contributed by atoms with Crippen molar-refractivity contribution >= 4 is 39.1 Å². The molecule has 13 heteroatoms. The largest absolute Gasteiger partial charge is 0.416 e. The molecule has 0 aliphatic carbocycles. The fourth-order valence-corrected chi connectivity index (χ4v) is 6.48. The Morgan fingerprint density at radius 1 is 0.891 bits per heavy atom. The van der Waals surface area contributed by atoms with Gasteiger partial charge in [-0.1, -0.05) is 78.3 Å². The van der Waals surface area contributed by atoms with E-state index in [0.717, 1.165) is 11.0 Å². The van der Waals surface area contributed by atoms with Crippen molar-refractivity contribution in [3.8, 4) is 0 Å². The van der Waals surface area contributed by atoms with E-state index >= 15 is 0 Å². The Balaban J connectivity index is 1.87. The van der Waals surface area contributed by atoms with Crippen molar-refractivity contribution < 1.29 is 35.6 Å². The lowest BCUT2D eigenvalue weighted by Gasteiger charge is -2.34. The normalized spacial score (nSPS) is 12.3. The average Bonchev–Trinajstić information content (AvgIpc) is 3.03. The summed E-state index contributed by atoms with van der Waals surface area (Å²) in [6.45, 7) is 0.359. The van der Waals surface area contributed by atoms with Crippen molar-refractivity contribution in [2.24, 2.45) is 0 Å². The molecule has 0 bridgehead atoms. The number of hydrogen-bond acceptors (Lipinski definition) is 4. The molecule has 242 valence electrons. The van der Waals surface area contributed by atoms with Crippen molar-refractivity contribution in [1.82, 2.24) is 10.2 Å². The second-order valence-corrected chi connectivity index (χ2v) is 12.5. The molecule has 0 radical (unpaired) electrons. The summed E-state index contributed by atoms with van der Waals surface area (Å²) in [5.74, 6) is -2.25. The molecule has 1 unspecified atom stereocenters. The van der Waals surface area contributed by atoms with Crippen LogP contribution in [0.1, 0.15) is 23.6 Å². The number of halogens is 5. The molecule has 0 aliphatic heterocycles. The fourth-order valence-electron chi connectivity index (χ4n) is 4.77. The van der Waals surface area contributed by atoms with Crippen LogP contribution in [0.4, 0.5) is 23.2 Å². The van der Waals surface area contributed by atoms with Gasteiger partial charge in [0.2, 0.25) is 11.8 Å². The zero-order valence-electron chi connectivity index (χ0n) is 24.5. The molecule has 0 heterocycles. The summed E-state index contributed by atoms with van der Waals surface area (Å²) in [7, 11) is -4.70. The number of alkyl halides is 3. The highest BCUT2D eigenvalue weighted by Crippen LogP contribution is 2.37. The van der Waals surface area contributed by atoms with Gasteiger partial charge < -0.3 is 10.2 Å². The second-order valence-electron chi connectivity index (χ2n) is 10.2. The third-order valence-electron chi connectivity index (χ3n) is 7.07. The van der Waals surface area contributed by atoms with Crippen LogP contribution in [0.2, 0.25) is 5.02 Å². The molecule has 4 aromatic rings. The van der Waals surface area contributed by atoms with E-state index in [4.69, 9.17) is 11.6 Å². The third kappa shape index (κ3) is 8.24. The molecule has 4 rings (SSSR count). The van der Waals surface area contributed by atoms with E-state index in [0.29, 0.717) is 22.0 Å². The van der Waals surface area contributed by atoms with Gasteiger partial charge in [-0.15, -0.1) is 0 Å². The Hall–Kier alpha value is -4.42. The molecule has 1 N–H and O–H groups in total. The summed E-state index contributed by atoms with van der Waals surface area (Å²) >= 11 is 6.30. The molecule has 46 heavy (non-hydrogen) atoms. The van der Waals surface area contributed by atoms with Gasteiger partial charge in [0.15, 0.2) is 0 Å². The first-order valence-corrected chi connectivity index (χ1v) is 15.9. The summed E-state index contributed by atoms with van der Waals surface area (Å²) in [6.07, 6.45) is -4.88. The van der Waals surface area contributed by atoms with Crippen molar-refractivity contribution in [3.05, 3.63) is 131 Å². The number of anilines is 1. The zero-order chi connectivity index (χ0) is 33.5. The molecule has 7 nitrogen and oxygen atoms in total. The minimum absolute atomic E-state index is 0.0252. The molecular weight excluding hydrogens is 646 g/mol. The van der Waals surface area contributed by atoms with E-state index in [1.165, 1.54) is 48.5 Å². The van der Waals surface area contributed by atoms with Crippen LogP contribution in [0.15, 0.2) is 108 Å². The molecule has 1 atom stereocenters. The molecule has 2 amide bonds. The quantitative estimate of drug-likeness (QED) is 0.175. The van der Waals surface area contributed by atoms with E-state index in [1.54, 1.807) is 43.3 Å². The number of hydrogen-bond donors (Lipinski definition) is 1. The zero-order valence-corrected chi connectivity index (χ0v) is 26.1. The number of nitrogens with one attached hydrogen (secondary N) is 1. The number of amides is 2. The first-order chi connectivity index (χ1) is 21.8. The topological polar surface area (TPSA) is 86.8 Å². The molecular formula is C33H30ClF4N3O4S. The van der Waals surface area contributed by atoms with Crippen molar-refractivity contribution in [2.75, 3.05) is 17.4 Å². The van der Waals surface area contributed by atoms with Gasteiger partial charge in [0.1, 0.15) is 18.4 Å². The fraction of sp³-hybridized carbons (Fsp3) is 0.212. The molecule has 0 spiro atoms. The average molecular weight is 676 g/mol. The first-order valence-electron chi connectivity index (χ1n) is 14.1. The number of rotatable bonds is 12. The van der Waals surface area contributed by atoms with Crippen molar-refractivity contribution in [1.29, 1.82) is 0 Å². The van der Waals surface area contributed by atoms with E-state index < -0.39 is 64.2 Å². The molecule has 0 aliphatic rings. The van der Waals surface area contributed by atoms with Crippen LogP contribution in [0.5, 0.6) is 0 Å². The van der Waals surface area contributed by atoms with Gasteiger partial charge in [0, 0.05) is 25.1 Å². The highest BCUT2D eigenvalue weighted by Gasteiger charge is 2.37. The number of benzene rings is 4. The smallest absolute Gasteiger partial charge is 0.355 e. The second kappa shape index (κ2) is 14.8. The summed E-state index contributed by atoms with van der Waals surface area (Å²) in [5.41, 5.74) is -1.11. The molecule has 0 saturated heterocycles. The maximum atomic E-state index is 14.9. The predicted molar refractivity (Wildman–Crippen MR) is 167 cm³/mol. The van der Waals surface area contributed by atoms with Crippen LogP contribution < -0.4 is 9.62 Å². The van der Waals surface area contributed by atoms with Crippen LogP contribution >= 0.6 is 11.6 Å². The highest BCUT2D eigenvalue weighted by molar-refractivity contribution is 7.92. The van der Waals surface area contributed by atoms with Crippen LogP contribution in [0.25, 0.3) is 0 Å². The molecule has 4 aromatic carbocycles. The Labute approximate surface area is 269 Å². The Bertz CT molecular complexity index is 1770. The van der Waals surface area contributed by atoms with Gasteiger partial charge in [-0.3, -0.25) is 13.9 Å². The van der Waals surface area contributed by atoms with Gasteiger partial charge in [0.05, 0.1) is 21.2 Å². The number of sulfonamides is 1. The minimum Gasteiger partial charge on any atom is -0.355 e. The molecule has 0 aromatic heterocycles. The number of nitrogens with zero attached hydrogens (tertiary/aromatic N) is 2. The number of carbonyl (C=O) groups is 2. The van der Waals surface area contributed by atoms with Crippen LogP contribution in [0.3, 0.4) is 0 Å². The monoisotopic (exact) mass is 675 g/mol. The summed E-state index contributed by atoms with van der Waals surface area (Å²) in [4.78, 5) is 28.5. The molecule has 0 saturated carbocycles. The van der Waals surface area contributed by atoms with E-state index in [-0.39, 0.29) is 28.4 Å². The maximum Gasteiger partial charge on any atom is 0.416 e. The summed E-state index contributed by atoms with van der Waals surface area (Å²) < 4.78 is 84.7. The SMILES string of the molecule is CCNC(=O)C(Cc1ccccc1)N(Cc1ccccc1F)C(=O)CN(c1cc(C(F)(F)F)ccc1Cl)S(=O)(=O)c1ccccc1. The van der Waals surface area contributed by atoms with E-state index in [9.17, 15) is 35.6 Å². The summed E-state index contributed by atoms with van der Waals surface area (Å²) in [5, 5.41) is 2.30. The van der Waals surface area contributed by atoms with E-state index in [1.807, 2.05) is 0 Å². The van der Waals surface area contributed by atoms with Gasteiger partial charge in [-0.05, 0) is 48.9 Å². The maximum absolute atomic E-state index is 14.9. The van der Waals surface area contributed by atoms with Gasteiger partial charge in [0.25, 0.3) is 10.0 Å². The van der Waals surface area contributed by atoms with Crippen molar-refractivity contribution in [2.45, 2.75) is 37.0 Å². The Morgan fingerprint density at radius 2 is 1.50 bits per heavy atom. The lowest BCUT2D eigenvalue weighted by molar-refractivity contribution is -0.140. The van der Waals surface area contributed by atoms with Gasteiger partial charge in [-0.2, -0.15) is 13.2 Å². The highest BCUT2D eigenvalue weighted by atomic mass is 35.5. The Morgan fingerprint density at radius 3 is 2.11 bits per heavy atom. The standard InChI is InChI=1S/C33H30ClF4N3O4S/c1-2-39-32(43)30(19-23-11-5-3-6-12-23)40(21-24-13-9-10-16-28(24)35)31(42)22-41(46(44,45)26-14-7-4-8-15-26)29-20-25(33(36,37)38)17-18-27(29)34/h3-18,20,30H,2,19,21-22H2,1H3,(H,39,43). The molecule has 0 fully saturated rings. The number of carbonyl (C=O) groups excluding carboxylic acids is 2. The predicted octanol–water partition coefficient (Wildman–Crippen LogP) is 6.47. The van der Waals surface area contributed by atoms with E-state index in [2.05, 4.69) is 5.32 Å². The first kappa shape index (κ1) is 34.5. The van der Waals surface area contributed by atoms with Gasteiger partial charge >= 0.3 is 6.18 Å². The Kier molecular flexibility index (Phi) is 11.1. The van der Waals surface area contributed by atoms with Crippen LogP contribution in [-0.4, -0.2) is 44.3 Å². The third-order valence-corrected chi connectivity index (χ3v) is 9.17. The number of likely N-dealkylation sites (N-methyl/N-ethyl adjacent to an activating group) is 1. The van der Waals surface area contributed by atoms with Crippen molar-refractivity contribution in [3.63, 3.8) is 0 Å². The summed E-state index contributed by atoms with van der Waals surface area (Å²) in [6, 6.07) is 21.9. The lowest BCUT2D eigenvalue weighted by Crippen LogP contribution is -2.53. The van der Waals surface area contributed by atoms with Crippen LogP contribution in [0, 0.1) is 5.82 Å². The minimum atomic E-state index is -4.86. The van der Waals surface area contributed by atoms with Crippen LogP contribution in [-0.2, 0) is 38.8 Å². The lowest BCUT2D eigenvalue weighted by atomic mass is 10.0.